The minimum Gasteiger partial charge on any atom is -0.396 e. The maximum Gasteiger partial charge on any atom is 0.0499 e. The van der Waals surface area contributed by atoms with E-state index < -0.39 is 0 Å². The SMILES string of the molecule is CCCC(CN)(CO)CCCc1ccccc1. The van der Waals surface area contributed by atoms with Crippen molar-refractivity contribution >= 4 is 0 Å². The average Bonchev–Trinajstić information content (AvgIpc) is 2.39. The van der Waals surface area contributed by atoms with Crippen molar-refractivity contribution in [2.75, 3.05) is 13.2 Å². The molecule has 0 aliphatic heterocycles. The zero-order valence-corrected chi connectivity index (χ0v) is 10.9. The summed E-state index contributed by atoms with van der Waals surface area (Å²) in [4.78, 5) is 0. The van der Waals surface area contributed by atoms with Crippen LogP contribution in [0.25, 0.3) is 0 Å². The van der Waals surface area contributed by atoms with Gasteiger partial charge in [-0.1, -0.05) is 43.7 Å². The van der Waals surface area contributed by atoms with Crippen LogP contribution >= 0.6 is 0 Å². The lowest BCUT2D eigenvalue weighted by molar-refractivity contribution is 0.109. The zero-order chi connectivity index (χ0) is 12.6. The number of benzene rings is 1. The lowest BCUT2D eigenvalue weighted by atomic mass is 9.79. The molecule has 1 rings (SSSR count). The van der Waals surface area contributed by atoms with Gasteiger partial charge >= 0.3 is 0 Å². The number of hydrogen-bond donors (Lipinski definition) is 2. The standard InChI is InChI=1S/C15H25NO/c1-2-10-15(12-16,13-17)11-6-9-14-7-4-3-5-8-14/h3-5,7-8,17H,2,6,9-13,16H2,1H3. The van der Waals surface area contributed by atoms with Crippen LogP contribution in [0.1, 0.15) is 38.2 Å². The average molecular weight is 235 g/mol. The van der Waals surface area contributed by atoms with Gasteiger partial charge in [0.2, 0.25) is 0 Å². The Morgan fingerprint density at radius 1 is 1.18 bits per heavy atom. The first kappa shape index (κ1) is 14.2. The summed E-state index contributed by atoms with van der Waals surface area (Å²) in [5.74, 6) is 0. The fourth-order valence-electron chi connectivity index (χ4n) is 2.39. The topological polar surface area (TPSA) is 46.2 Å². The molecule has 1 unspecified atom stereocenters. The van der Waals surface area contributed by atoms with E-state index in [-0.39, 0.29) is 12.0 Å². The maximum absolute atomic E-state index is 9.52. The Kier molecular flexibility index (Phi) is 6.23. The quantitative estimate of drug-likeness (QED) is 0.728. The molecular formula is C15H25NO. The Morgan fingerprint density at radius 2 is 1.88 bits per heavy atom. The number of rotatable bonds is 8. The maximum atomic E-state index is 9.52. The summed E-state index contributed by atoms with van der Waals surface area (Å²) >= 11 is 0. The Bertz CT molecular complexity index is 293. The van der Waals surface area contributed by atoms with E-state index >= 15 is 0 Å². The second-order valence-corrected chi connectivity index (χ2v) is 4.95. The van der Waals surface area contributed by atoms with Gasteiger partial charge in [-0.3, -0.25) is 0 Å². The molecule has 1 aromatic rings. The van der Waals surface area contributed by atoms with E-state index in [2.05, 4.69) is 31.2 Å². The highest BCUT2D eigenvalue weighted by molar-refractivity contribution is 5.14. The van der Waals surface area contributed by atoms with E-state index in [0.29, 0.717) is 6.54 Å². The summed E-state index contributed by atoms with van der Waals surface area (Å²) in [6, 6.07) is 10.5. The molecule has 0 aliphatic rings. The number of aryl methyl sites for hydroxylation is 1. The van der Waals surface area contributed by atoms with Crippen LogP contribution in [-0.2, 0) is 6.42 Å². The Morgan fingerprint density at radius 3 is 2.41 bits per heavy atom. The summed E-state index contributed by atoms with van der Waals surface area (Å²) in [6.07, 6.45) is 5.30. The van der Waals surface area contributed by atoms with Crippen LogP contribution in [0, 0.1) is 5.41 Å². The first-order valence-corrected chi connectivity index (χ1v) is 6.61. The third-order valence-corrected chi connectivity index (χ3v) is 3.56. The molecule has 0 heterocycles. The van der Waals surface area contributed by atoms with Crippen LogP contribution in [0.3, 0.4) is 0 Å². The van der Waals surface area contributed by atoms with Gasteiger partial charge in [-0.25, -0.2) is 0 Å². The molecule has 0 bridgehead atoms. The second kappa shape index (κ2) is 7.46. The normalized spacial score (nSPS) is 14.5. The number of aliphatic hydroxyl groups excluding tert-OH is 1. The Hall–Kier alpha value is -0.860. The van der Waals surface area contributed by atoms with Crippen LogP contribution in [0.4, 0.5) is 0 Å². The molecule has 1 aromatic carbocycles. The first-order valence-electron chi connectivity index (χ1n) is 6.61. The molecule has 17 heavy (non-hydrogen) atoms. The molecule has 0 amide bonds. The van der Waals surface area contributed by atoms with Crippen molar-refractivity contribution in [3.8, 4) is 0 Å². The molecule has 96 valence electrons. The highest BCUT2D eigenvalue weighted by atomic mass is 16.3. The number of aliphatic hydroxyl groups is 1. The van der Waals surface area contributed by atoms with Gasteiger partial charge < -0.3 is 10.8 Å². The van der Waals surface area contributed by atoms with Crippen LogP contribution in [0.15, 0.2) is 30.3 Å². The molecule has 2 heteroatoms. The molecule has 0 aromatic heterocycles. The molecule has 0 aliphatic carbocycles. The minimum absolute atomic E-state index is 0.0521. The smallest absolute Gasteiger partial charge is 0.0499 e. The molecule has 0 saturated heterocycles. The number of hydrogen-bond acceptors (Lipinski definition) is 2. The van der Waals surface area contributed by atoms with Crippen molar-refractivity contribution < 1.29 is 5.11 Å². The highest BCUT2D eigenvalue weighted by Crippen LogP contribution is 2.28. The van der Waals surface area contributed by atoms with Crippen molar-refractivity contribution in [3.05, 3.63) is 35.9 Å². The molecule has 0 fully saturated rings. The lowest BCUT2D eigenvalue weighted by Crippen LogP contribution is -2.34. The molecule has 3 N–H and O–H groups in total. The van der Waals surface area contributed by atoms with Gasteiger partial charge in [-0.15, -0.1) is 0 Å². The van der Waals surface area contributed by atoms with Crippen molar-refractivity contribution in [3.63, 3.8) is 0 Å². The summed E-state index contributed by atoms with van der Waals surface area (Å²) in [6.45, 7) is 2.95. The predicted molar refractivity (Wildman–Crippen MR) is 72.9 cm³/mol. The molecule has 0 saturated carbocycles. The highest BCUT2D eigenvalue weighted by Gasteiger charge is 2.25. The molecule has 1 atom stereocenters. The minimum atomic E-state index is -0.0521. The number of nitrogens with two attached hydrogens (primary N) is 1. The van der Waals surface area contributed by atoms with Crippen molar-refractivity contribution in [1.82, 2.24) is 0 Å². The summed E-state index contributed by atoms with van der Waals surface area (Å²) in [5.41, 5.74) is 7.14. The van der Waals surface area contributed by atoms with Crippen molar-refractivity contribution in [2.45, 2.75) is 39.0 Å². The van der Waals surface area contributed by atoms with Crippen molar-refractivity contribution in [1.29, 1.82) is 0 Å². The first-order chi connectivity index (χ1) is 8.26. The zero-order valence-electron chi connectivity index (χ0n) is 10.9. The van der Waals surface area contributed by atoms with Crippen LogP contribution in [-0.4, -0.2) is 18.3 Å². The fraction of sp³-hybridized carbons (Fsp3) is 0.600. The van der Waals surface area contributed by atoms with Gasteiger partial charge in [0.05, 0.1) is 0 Å². The Labute approximate surface area is 105 Å². The van der Waals surface area contributed by atoms with E-state index in [9.17, 15) is 5.11 Å². The third kappa shape index (κ3) is 4.49. The summed E-state index contributed by atoms with van der Waals surface area (Å²) in [5, 5.41) is 9.52. The van der Waals surface area contributed by atoms with Crippen molar-refractivity contribution in [2.24, 2.45) is 11.1 Å². The summed E-state index contributed by atoms with van der Waals surface area (Å²) in [7, 11) is 0. The van der Waals surface area contributed by atoms with Gasteiger partial charge in [0.15, 0.2) is 0 Å². The van der Waals surface area contributed by atoms with E-state index in [1.165, 1.54) is 5.56 Å². The van der Waals surface area contributed by atoms with Gasteiger partial charge in [-0.05, 0) is 31.2 Å². The van der Waals surface area contributed by atoms with Crippen LogP contribution < -0.4 is 5.73 Å². The van der Waals surface area contributed by atoms with Gasteiger partial charge in [-0.2, -0.15) is 0 Å². The molecular weight excluding hydrogens is 210 g/mol. The largest absolute Gasteiger partial charge is 0.396 e. The Balaban J connectivity index is 2.42. The van der Waals surface area contributed by atoms with E-state index in [4.69, 9.17) is 5.73 Å². The van der Waals surface area contributed by atoms with E-state index in [0.717, 1.165) is 32.1 Å². The van der Waals surface area contributed by atoms with Crippen LogP contribution in [0.2, 0.25) is 0 Å². The van der Waals surface area contributed by atoms with E-state index in [1.54, 1.807) is 0 Å². The molecule has 0 radical (unpaired) electrons. The lowest BCUT2D eigenvalue weighted by Gasteiger charge is -2.30. The van der Waals surface area contributed by atoms with Gasteiger partial charge in [0.1, 0.15) is 0 Å². The monoisotopic (exact) mass is 235 g/mol. The van der Waals surface area contributed by atoms with E-state index in [1.807, 2.05) is 6.07 Å². The summed E-state index contributed by atoms with van der Waals surface area (Å²) < 4.78 is 0. The van der Waals surface area contributed by atoms with Gasteiger partial charge in [0.25, 0.3) is 0 Å². The van der Waals surface area contributed by atoms with Crippen LogP contribution in [0.5, 0.6) is 0 Å². The third-order valence-electron chi connectivity index (χ3n) is 3.56. The fourth-order valence-corrected chi connectivity index (χ4v) is 2.39. The molecule has 2 nitrogen and oxygen atoms in total. The van der Waals surface area contributed by atoms with Gasteiger partial charge in [0, 0.05) is 18.6 Å². The molecule has 0 spiro atoms. The predicted octanol–water partition coefficient (Wildman–Crippen LogP) is 2.75. The second-order valence-electron chi connectivity index (χ2n) is 4.95.